The van der Waals surface area contributed by atoms with Crippen LogP contribution in [0.25, 0.3) is 0 Å². The van der Waals surface area contributed by atoms with Gasteiger partial charge in [-0.05, 0) is 20.8 Å². The highest BCUT2D eigenvalue weighted by Gasteiger charge is 2.40. The second kappa shape index (κ2) is 5.96. The van der Waals surface area contributed by atoms with Gasteiger partial charge in [-0.2, -0.15) is 10.2 Å². The summed E-state index contributed by atoms with van der Waals surface area (Å²) in [5.41, 5.74) is -1.52. The summed E-state index contributed by atoms with van der Waals surface area (Å²) in [6.07, 6.45) is 1.45. The van der Waals surface area contributed by atoms with Crippen LogP contribution < -0.4 is 4.74 Å². The molecule has 0 bridgehead atoms. The summed E-state index contributed by atoms with van der Waals surface area (Å²) in [5, 5.41) is 9.18. The standard InChI is InChI=1S/C12H15N3O3/c1-4-17-9-6-7-14-10(15-9)12(3,8-13)11(16)18-5-2/h6-7H,4-5H2,1-3H3. The van der Waals surface area contributed by atoms with Crippen molar-refractivity contribution in [2.75, 3.05) is 13.2 Å². The first-order chi connectivity index (χ1) is 8.58. The van der Waals surface area contributed by atoms with Crippen molar-refractivity contribution in [1.82, 2.24) is 9.97 Å². The van der Waals surface area contributed by atoms with Crippen molar-refractivity contribution in [3.63, 3.8) is 0 Å². The Hall–Kier alpha value is -2.16. The maximum absolute atomic E-state index is 11.8. The molecule has 0 N–H and O–H groups in total. The van der Waals surface area contributed by atoms with Gasteiger partial charge in [0.15, 0.2) is 5.82 Å². The summed E-state index contributed by atoms with van der Waals surface area (Å²) < 4.78 is 10.1. The van der Waals surface area contributed by atoms with E-state index in [0.717, 1.165) is 0 Å². The molecule has 6 nitrogen and oxygen atoms in total. The summed E-state index contributed by atoms with van der Waals surface area (Å²) in [7, 11) is 0. The lowest BCUT2D eigenvalue weighted by Gasteiger charge is -2.17. The Morgan fingerprint density at radius 3 is 2.78 bits per heavy atom. The van der Waals surface area contributed by atoms with E-state index >= 15 is 0 Å². The maximum Gasteiger partial charge on any atom is 0.334 e. The molecule has 0 aliphatic rings. The van der Waals surface area contributed by atoms with Gasteiger partial charge < -0.3 is 9.47 Å². The Labute approximate surface area is 106 Å². The van der Waals surface area contributed by atoms with Crippen molar-refractivity contribution >= 4 is 5.97 Å². The van der Waals surface area contributed by atoms with E-state index in [1.54, 1.807) is 13.0 Å². The SMILES string of the molecule is CCOC(=O)C(C)(C#N)c1nccc(OCC)n1. The van der Waals surface area contributed by atoms with Gasteiger partial charge in [-0.3, -0.25) is 0 Å². The van der Waals surface area contributed by atoms with Crippen molar-refractivity contribution in [2.24, 2.45) is 0 Å². The van der Waals surface area contributed by atoms with Crippen LogP contribution in [-0.4, -0.2) is 29.2 Å². The van der Waals surface area contributed by atoms with Crippen molar-refractivity contribution in [3.05, 3.63) is 18.1 Å². The van der Waals surface area contributed by atoms with Gasteiger partial charge in [0.2, 0.25) is 11.3 Å². The highest BCUT2D eigenvalue weighted by atomic mass is 16.5. The molecule has 1 aromatic heterocycles. The van der Waals surface area contributed by atoms with Gasteiger partial charge in [-0.1, -0.05) is 0 Å². The lowest BCUT2D eigenvalue weighted by atomic mass is 9.92. The third-order valence-electron chi connectivity index (χ3n) is 2.28. The fraction of sp³-hybridized carbons (Fsp3) is 0.500. The summed E-state index contributed by atoms with van der Waals surface area (Å²) in [6, 6.07) is 3.46. The first-order valence-electron chi connectivity index (χ1n) is 5.63. The predicted octanol–water partition coefficient (Wildman–Crippen LogP) is 1.22. The van der Waals surface area contributed by atoms with E-state index in [9.17, 15) is 10.1 Å². The molecule has 0 spiro atoms. The molecule has 0 aromatic carbocycles. The average molecular weight is 249 g/mol. The number of nitriles is 1. The Kier molecular flexibility index (Phi) is 4.60. The zero-order chi connectivity index (χ0) is 13.6. The molecule has 0 amide bonds. The van der Waals surface area contributed by atoms with Crippen molar-refractivity contribution < 1.29 is 14.3 Å². The number of aromatic nitrogens is 2. The monoisotopic (exact) mass is 249 g/mol. The number of nitrogens with zero attached hydrogens (tertiary/aromatic N) is 3. The van der Waals surface area contributed by atoms with E-state index < -0.39 is 11.4 Å². The van der Waals surface area contributed by atoms with E-state index in [1.165, 1.54) is 13.1 Å². The van der Waals surface area contributed by atoms with Crippen LogP contribution in [0, 0.1) is 11.3 Å². The Balaban J connectivity index is 3.12. The first-order valence-corrected chi connectivity index (χ1v) is 5.63. The Morgan fingerprint density at radius 1 is 1.50 bits per heavy atom. The largest absolute Gasteiger partial charge is 0.478 e. The van der Waals surface area contributed by atoms with Crippen LogP contribution in [0.1, 0.15) is 26.6 Å². The van der Waals surface area contributed by atoms with Gasteiger partial charge in [-0.15, -0.1) is 0 Å². The van der Waals surface area contributed by atoms with E-state index in [-0.39, 0.29) is 12.4 Å². The summed E-state index contributed by atoms with van der Waals surface area (Å²) >= 11 is 0. The second-order valence-electron chi connectivity index (χ2n) is 3.61. The van der Waals surface area contributed by atoms with Crippen LogP contribution in [0.15, 0.2) is 12.3 Å². The highest BCUT2D eigenvalue weighted by Crippen LogP contribution is 2.22. The van der Waals surface area contributed by atoms with Crippen LogP contribution >= 0.6 is 0 Å². The van der Waals surface area contributed by atoms with E-state index in [2.05, 4.69) is 9.97 Å². The molecule has 1 unspecified atom stereocenters. The minimum Gasteiger partial charge on any atom is -0.478 e. The molecule has 96 valence electrons. The number of hydrogen-bond donors (Lipinski definition) is 0. The summed E-state index contributed by atoms with van der Waals surface area (Å²) in [4.78, 5) is 19.8. The van der Waals surface area contributed by atoms with Crippen molar-refractivity contribution in [1.29, 1.82) is 5.26 Å². The number of rotatable bonds is 5. The third kappa shape index (κ3) is 2.74. The normalized spacial score (nSPS) is 13.2. The number of carbonyl (C=O) groups excluding carboxylic acids is 1. The number of carbonyl (C=O) groups is 1. The molecule has 0 saturated heterocycles. The molecule has 0 aliphatic carbocycles. The first kappa shape index (κ1) is 13.9. The van der Waals surface area contributed by atoms with E-state index in [1.807, 2.05) is 13.0 Å². The second-order valence-corrected chi connectivity index (χ2v) is 3.61. The molecule has 6 heteroatoms. The third-order valence-corrected chi connectivity index (χ3v) is 2.28. The average Bonchev–Trinajstić information content (AvgIpc) is 2.38. The maximum atomic E-state index is 11.8. The lowest BCUT2D eigenvalue weighted by molar-refractivity contribution is -0.147. The molecule has 1 aromatic rings. The van der Waals surface area contributed by atoms with Gasteiger partial charge in [0.05, 0.1) is 19.3 Å². The fourth-order valence-corrected chi connectivity index (χ4v) is 1.27. The van der Waals surface area contributed by atoms with Crippen molar-refractivity contribution in [2.45, 2.75) is 26.2 Å². The van der Waals surface area contributed by atoms with Gasteiger partial charge >= 0.3 is 5.97 Å². The molecule has 0 aliphatic heterocycles. The predicted molar refractivity (Wildman–Crippen MR) is 62.8 cm³/mol. The summed E-state index contributed by atoms with van der Waals surface area (Å²) in [5.74, 6) is -0.260. The van der Waals surface area contributed by atoms with Gasteiger partial charge in [0.1, 0.15) is 0 Å². The number of esters is 1. The van der Waals surface area contributed by atoms with Crippen LogP contribution in [0.3, 0.4) is 0 Å². The molecule has 1 heterocycles. The molecule has 1 rings (SSSR count). The highest BCUT2D eigenvalue weighted by molar-refractivity contribution is 5.85. The Bertz CT molecular complexity index is 470. The van der Waals surface area contributed by atoms with Crippen LogP contribution in [-0.2, 0) is 14.9 Å². The quantitative estimate of drug-likeness (QED) is 0.729. The van der Waals surface area contributed by atoms with Gasteiger partial charge in [0.25, 0.3) is 0 Å². The summed E-state index contributed by atoms with van der Waals surface area (Å²) in [6.45, 7) is 5.56. The fourth-order valence-electron chi connectivity index (χ4n) is 1.27. The minimum atomic E-state index is -1.52. The molecule has 0 saturated carbocycles. The number of ether oxygens (including phenoxy) is 2. The molecular formula is C12H15N3O3. The molecule has 0 fully saturated rings. The van der Waals surface area contributed by atoms with Crippen molar-refractivity contribution in [3.8, 4) is 11.9 Å². The topological polar surface area (TPSA) is 85.1 Å². The van der Waals surface area contributed by atoms with Gasteiger partial charge in [-0.25, -0.2) is 9.78 Å². The zero-order valence-electron chi connectivity index (χ0n) is 10.6. The zero-order valence-corrected chi connectivity index (χ0v) is 10.6. The molecule has 18 heavy (non-hydrogen) atoms. The van der Waals surface area contributed by atoms with Crippen LogP contribution in [0.2, 0.25) is 0 Å². The molecule has 1 atom stereocenters. The van der Waals surface area contributed by atoms with Crippen LogP contribution in [0.5, 0.6) is 5.88 Å². The molecule has 0 radical (unpaired) electrons. The smallest absolute Gasteiger partial charge is 0.334 e. The van der Waals surface area contributed by atoms with E-state index in [4.69, 9.17) is 9.47 Å². The molecular weight excluding hydrogens is 234 g/mol. The van der Waals surface area contributed by atoms with Gasteiger partial charge in [0, 0.05) is 12.3 Å². The number of hydrogen-bond acceptors (Lipinski definition) is 6. The van der Waals surface area contributed by atoms with Crippen LogP contribution in [0.4, 0.5) is 0 Å². The lowest BCUT2D eigenvalue weighted by Crippen LogP contribution is -2.35. The van der Waals surface area contributed by atoms with E-state index in [0.29, 0.717) is 12.5 Å². The minimum absolute atomic E-state index is 0.0781. The Morgan fingerprint density at radius 2 is 2.22 bits per heavy atom.